The molecule has 1 N–H and O–H groups in total. The first-order valence-electron chi connectivity index (χ1n) is 8.88. The second-order valence-electron chi connectivity index (χ2n) is 6.41. The summed E-state index contributed by atoms with van der Waals surface area (Å²) < 4.78 is 5.74. The molecular formula is C22H22ClNO2S. The number of ether oxygens (including phenoxy) is 1. The average Bonchev–Trinajstić information content (AvgIpc) is 3.14. The fourth-order valence-electron chi connectivity index (χ4n) is 2.74. The fourth-order valence-corrected chi connectivity index (χ4v) is 3.72. The Kier molecular flexibility index (Phi) is 6.54. The maximum Gasteiger partial charge on any atom is 0.261 e. The Morgan fingerprint density at radius 3 is 2.67 bits per heavy atom. The molecule has 3 nitrogen and oxygen atoms in total. The Morgan fingerprint density at radius 1 is 1.19 bits per heavy atom. The first kappa shape index (κ1) is 19.5. The van der Waals surface area contributed by atoms with Crippen LogP contribution >= 0.6 is 22.9 Å². The molecule has 1 amide bonds. The molecule has 0 fully saturated rings. The minimum atomic E-state index is -0.0542. The van der Waals surface area contributed by atoms with Crippen molar-refractivity contribution in [1.29, 1.82) is 0 Å². The van der Waals surface area contributed by atoms with Crippen LogP contribution < -0.4 is 10.1 Å². The molecule has 0 aliphatic carbocycles. The maximum atomic E-state index is 12.6. The lowest BCUT2D eigenvalue weighted by Crippen LogP contribution is -2.27. The summed E-state index contributed by atoms with van der Waals surface area (Å²) in [5.74, 6) is 0.659. The van der Waals surface area contributed by atoms with Crippen LogP contribution in [0.3, 0.4) is 0 Å². The lowest BCUT2D eigenvalue weighted by molar-refractivity contribution is 0.0939. The van der Waals surface area contributed by atoms with E-state index in [1.54, 1.807) is 12.1 Å². The number of amides is 1. The van der Waals surface area contributed by atoms with E-state index in [4.69, 9.17) is 16.3 Å². The lowest BCUT2D eigenvalue weighted by Gasteiger charge is -2.17. The third kappa shape index (κ3) is 5.34. The van der Waals surface area contributed by atoms with Crippen molar-refractivity contribution in [3.63, 3.8) is 0 Å². The molecule has 0 aliphatic rings. The molecule has 0 saturated heterocycles. The molecule has 1 heterocycles. The minimum Gasteiger partial charge on any atom is -0.489 e. The van der Waals surface area contributed by atoms with Crippen molar-refractivity contribution in [3.05, 3.63) is 86.6 Å². The molecule has 140 valence electrons. The van der Waals surface area contributed by atoms with Crippen molar-refractivity contribution in [2.24, 2.45) is 0 Å². The van der Waals surface area contributed by atoms with Gasteiger partial charge in [-0.15, -0.1) is 11.3 Å². The molecule has 1 atom stereocenters. The van der Waals surface area contributed by atoms with Crippen LogP contribution in [0.2, 0.25) is 5.02 Å². The van der Waals surface area contributed by atoms with Crippen molar-refractivity contribution in [1.82, 2.24) is 5.32 Å². The van der Waals surface area contributed by atoms with Crippen LogP contribution in [0, 0.1) is 6.92 Å². The smallest absolute Gasteiger partial charge is 0.261 e. The SMILES string of the molecule is CCC(NC(=O)c1cc(COc2cccc(Cl)c2)cs1)c1ccc(C)cc1. The summed E-state index contributed by atoms with van der Waals surface area (Å²) in [5.41, 5.74) is 3.30. The van der Waals surface area contributed by atoms with Gasteiger partial charge in [0.05, 0.1) is 10.9 Å². The number of carbonyl (C=O) groups is 1. The van der Waals surface area contributed by atoms with Crippen LogP contribution in [0.4, 0.5) is 0 Å². The van der Waals surface area contributed by atoms with Crippen LogP contribution in [-0.2, 0) is 6.61 Å². The van der Waals surface area contributed by atoms with E-state index in [1.165, 1.54) is 16.9 Å². The summed E-state index contributed by atoms with van der Waals surface area (Å²) in [6, 6.07) is 17.5. The highest BCUT2D eigenvalue weighted by atomic mass is 35.5. The lowest BCUT2D eigenvalue weighted by atomic mass is 10.0. The number of halogens is 1. The third-order valence-electron chi connectivity index (χ3n) is 4.27. The molecule has 27 heavy (non-hydrogen) atoms. The van der Waals surface area contributed by atoms with Gasteiger partial charge in [0.2, 0.25) is 0 Å². The van der Waals surface area contributed by atoms with E-state index < -0.39 is 0 Å². The Bertz CT molecular complexity index is 905. The van der Waals surface area contributed by atoms with E-state index in [9.17, 15) is 4.79 Å². The molecule has 0 radical (unpaired) electrons. The largest absolute Gasteiger partial charge is 0.489 e. The van der Waals surface area contributed by atoms with Gasteiger partial charge in [0.25, 0.3) is 5.91 Å². The third-order valence-corrected chi connectivity index (χ3v) is 5.49. The van der Waals surface area contributed by atoms with Gasteiger partial charge in [0.1, 0.15) is 12.4 Å². The van der Waals surface area contributed by atoms with Crippen molar-refractivity contribution in [2.75, 3.05) is 0 Å². The Hall–Kier alpha value is -2.30. The molecular weight excluding hydrogens is 378 g/mol. The standard InChI is InChI=1S/C22H22ClNO2S/c1-3-20(17-9-7-15(2)8-10-17)24-22(25)21-11-16(14-27-21)13-26-19-6-4-5-18(23)12-19/h4-12,14,20H,3,13H2,1-2H3,(H,24,25). The van der Waals surface area contributed by atoms with Gasteiger partial charge in [-0.2, -0.15) is 0 Å². The summed E-state index contributed by atoms with van der Waals surface area (Å²) in [7, 11) is 0. The highest BCUT2D eigenvalue weighted by Gasteiger charge is 2.16. The van der Waals surface area contributed by atoms with Gasteiger partial charge in [-0.3, -0.25) is 4.79 Å². The predicted molar refractivity (Wildman–Crippen MR) is 112 cm³/mol. The number of aryl methyl sites for hydroxylation is 1. The number of hydrogen-bond donors (Lipinski definition) is 1. The number of thiophene rings is 1. The highest BCUT2D eigenvalue weighted by molar-refractivity contribution is 7.12. The summed E-state index contributed by atoms with van der Waals surface area (Å²) in [6.45, 7) is 4.53. The maximum absolute atomic E-state index is 12.6. The molecule has 1 aromatic heterocycles. The molecule has 0 saturated carbocycles. The molecule has 0 aliphatic heterocycles. The molecule has 1 unspecified atom stereocenters. The summed E-state index contributed by atoms with van der Waals surface area (Å²) >= 11 is 7.39. The predicted octanol–water partition coefficient (Wildman–Crippen LogP) is 6.17. The van der Waals surface area contributed by atoms with E-state index >= 15 is 0 Å². The summed E-state index contributed by atoms with van der Waals surface area (Å²) in [5, 5.41) is 5.72. The summed E-state index contributed by atoms with van der Waals surface area (Å²) in [6.07, 6.45) is 0.838. The molecule has 3 rings (SSSR count). The Balaban J connectivity index is 1.61. The zero-order valence-electron chi connectivity index (χ0n) is 15.4. The first-order chi connectivity index (χ1) is 13.0. The van der Waals surface area contributed by atoms with Crippen molar-refractivity contribution in [3.8, 4) is 5.75 Å². The molecule has 2 aromatic carbocycles. The number of rotatable bonds is 7. The Labute approximate surface area is 169 Å². The molecule has 0 bridgehead atoms. The summed E-state index contributed by atoms with van der Waals surface area (Å²) in [4.78, 5) is 13.3. The van der Waals surface area contributed by atoms with Crippen molar-refractivity contribution >= 4 is 28.8 Å². The van der Waals surface area contributed by atoms with Gasteiger partial charge in [-0.25, -0.2) is 0 Å². The van der Waals surface area contributed by atoms with Gasteiger partial charge in [-0.1, -0.05) is 54.4 Å². The topological polar surface area (TPSA) is 38.3 Å². The molecule has 5 heteroatoms. The van der Waals surface area contributed by atoms with Gasteiger partial charge in [0, 0.05) is 10.6 Å². The van der Waals surface area contributed by atoms with Gasteiger partial charge < -0.3 is 10.1 Å². The van der Waals surface area contributed by atoms with E-state index in [0.717, 1.165) is 17.5 Å². The van der Waals surface area contributed by atoms with Crippen molar-refractivity contribution in [2.45, 2.75) is 32.9 Å². The normalized spacial score (nSPS) is 11.8. The Morgan fingerprint density at radius 2 is 1.96 bits per heavy atom. The minimum absolute atomic E-state index is 0.00589. The van der Waals surface area contributed by atoms with Crippen LogP contribution in [0.1, 0.15) is 45.7 Å². The van der Waals surface area contributed by atoms with E-state index in [-0.39, 0.29) is 11.9 Å². The van der Waals surface area contributed by atoms with Crippen molar-refractivity contribution < 1.29 is 9.53 Å². The quantitative estimate of drug-likeness (QED) is 0.515. The average molecular weight is 400 g/mol. The number of benzene rings is 2. The van der Waals surface area contributed by atoms with Crippen LogP contribution in [0.5, 0.6) is 5.75 Å². The second kappa shape index (κ2) is 9.07. The van der Waals surface area contributed by atoms with E-state index in [2.05, 4.69) is 43.4 Å². The highest BCUT2D eigenvalue weighted by Crippen LogP contribution is 2.22. The number of hydrogen-bond acceptors (Lipinski definition) is 3. The van der Waals surface area contributed by atoms with Crippen LogP contribution in [0.15, 0.2) is 60.0 Å². The van der Waals surface area contributed by atoms with Gasteiger partial charge in [-0.05, 0) is 48.6 Å². The zero-order valence-corrected chi connectivity index (χ0v) is 16.9. The van der Waals surface area contributed by atoms with Crippen LogP contribution in [-0.4, -0.2) is 5.91 Å². The fraction of sp³-hybridized carbons (Fsp3) is 0.227. The molecule has 3 aromatic rings. The van der Waals surface area contributed by atoms with Gasteiger partial charge >= 0.3 is 0 Å². The molecule has 0 spiro atoms. The zero-order chi connectivity index (χ0) is 19.2. The first-order valence-corrected chi connectivity index (χ1v) is 10.1. The van der Waals surface area contributed by atoms with Gasteiger partial charge in [0.15, 0.2) is 0 Å². The second-order valence-corrected chi connectivity index (χ2v) is 7.76. The van der Waals surface area contributed by atoms with Crippen LogP contribution in [0.25, 0.3) is 0 Å². The van der Waals surface area contributed by atoms with E-state index in [0.29, 0.717) is 22.3 Å². The monoisotopic (exact) mass is 399 g/mol. The van der Waals surface area contributed by atoms with E-state index in [1.807, 2.05) is 23.6 Å². The number of nitrogens with one attached hydrogen (secondary N) is 1. The number of carbonyl (C=O) groups excluding carboxylic acids is 1.